The topological polar surface area (TPSA) is 26.2 Å². The summed E-state index contributed by atoms with van der Waals surface area (Å²) in [7, 11) is 3.37. The van der Waals surface area contributed by atoms with Crippen LogP contribution in [0.1, 0.15) is 36.0 Å². The highest BCUT2D eigenvalue weighted by molar-refractivity contribution is 6.13. The van der Waals surface area contributed by atoms with Crippen LogP contribution in [0.3, 0.4) is 0 Å². The van der Waals surface area contributed by atoms with Crippen molar-refractivity contribution in [3.05, 3.63) is 83.3 Å². The molecule has 0 fully saturated rings. The van der Waals surface area contributed by atoms with Crippen LogP contribution in [0.4, 0.5) is 4.39 Å². The molecule has 0 unspecified atom stereocenters. The fourth-order valence-electron chi connectivity index (χ4n) is 5.15. The number of aromatic nitrogens is 1. The fourth-order valence-corrected chi connectivity index (χ4v) is 5.15. The molecule has 4 heteroatoms. The molecule has 0 atom stereocenters. The van der Waals surface area contributed by atoms with Crippen molar-refractivity contribution in [1.29, 1.82) is 0 Å². The fraction of sp³-hybridized carbons (Fsp3) is 0.258. The van der Waals surface area contributed by atoms with E-state index in [2.05, 4.69) is 0 Å². The molecule has 2 aromatic heterocycles. The highest BCUT2D eigenvalue weighted by Crippen LogP contribution is 2.45. The predicted molar refractivity (Wildman–Crippen MR) is 138 cm³/mol. The number of aryl methyl sites for hydroxylation is 2. The van der Waals surface area contributed by atoms with E-state index in [9.17, 15) is 0 Å². The van der Waals surface area contributed by atoms with Gasteiger partial charge in [-0.1, -0.05) is 44.2 Å². The maximum atomic E-state index is 16.1. The third kappa shape index (κ3) is 3.35. The third-order valence-corrected chi connectivity index (χ3v) is 6.78. The van der Waals surface area contributed by atoms with Crippen molar-refractivity contribution in [2.45, 2.75) is 33.5 Å². The number of furan rings is 1. The van der Waals surface area contributed by atoms with Crippen LogP contribution in [0.25, 0.3) is 44.3 Å². The molecule has 0 N–H and O–H groups in total. The quantitative estimate of drug-likeness (QED) is 0.258. The lowest BCUT2D eigenvalue weighted by atomic mass is 9.90. The van der Waals surface area contributed by atoms with Gasteiger partial charge in [0.2, 0.25) is 5.69 Å². The SMILES string of the molecule is [2H]C1([2H])c2ccc(-c3c(F)c(OC)cc4c3oc3c(-c5cccc[n+]5C)c(C)ccc34)cc2C([2H])([2H])C1(C)C. The highest BCUT2D eigenvalue weighted by atomic mass is 19.1. The van der Waals surface area contributed by atoms with Gasteiger partial charge in [-0.15, -0.1) is 0 Å². The van der Waals surface area contributed by atoms with Crippen molar-refractivity contribution >= 4 is 21.9 Å². The van der Waals surface area contributed by atoms with Crippen molar-refractivity contribution in [3.63, 3.8) is 0 Å². The van der Waals surface area contributed by atoms with Gasteiger partial charge in [-0.25, -0.2) is 8.96 Å². The molecule has 5 aromatic rings. The zero-order valence-corrected chi connectivity index (χ0v) is 20.4. The van der Waals surface area contributed by atoms with Crippen LogP contribution in [-0.4, -0.2) is 7.11 Å². The van der Waals surface area contributed by atoms with Crippen molar-refractivity contribution in [3.8, 4) is 28.1 Å². The molecule has 1 aliphatic rings. The Bertz CT molecular complexity index is 1820. The molecule has 0 spiro atoms. The Kier molecular flexibility index (Phi) is 3.89. The van der Waals surface area contributed by atoms with Gasteiger partial charge >= 0.3 is 0 Å². The molecular weight excluding hydrogens is 437 g/mol. The molecule has 6 rings (SSSR count). The van der Waals surface area contributed by atoms with Crippen molar-refractivity contribution < 1.29 is 23.6 Å². The molecule has 0 radical (unpaired) electrons. The number of hydrogen-bond acceptors (Lipinski definition) is 2. The van der Waals surface area contributed by atoms with Gasteiger partial charge in [0.1, 0.15) is 18.2 Å². The summed E-state index contributed by atoms with van der Waals surface area (Å²) >= 11 is 0. The van der Waals surface area contributed by atoms with Crippen LogP contribution < -0.4 is 9.30 Å². The molecule has 0 aliphatic heterocycles. The van der Waals surface area contributed by atoms with Crippen LogP contribution in [0.2, 0.25) is 0 Å². The van der Waals surface area contributed by atoms with Crippen molar-refractivity contribution in [2.75, 3.05) is 7.11 Å². The lowest BCUT2D eigenvalue weighted by molar-refractivity contribution is -0.660. The molecule has 35 heavy (non-hydrogen) atoms. The average Bonchev–Trinajstić information content (AvgIpc) is 3.29. The van der Waals surface area contributed by atoms with E-state index in [1.165, 1.54) is 7.11 Å². The Morgan fingerprint density at radius 1 is 0.971 bits per heavy atom. The van der Waals surface area contributed by atoms with Gasteiger partial charge in [0.25, 0.3) is 0 Å². The second-order valence-corrected chi connectivity index (χ2v) is 9.71. The normalized spacial score (nSPS) is 19.1. The Morgan fingerprint density at radius 3 is 2.51 bits per heavy atom. The van der Waals surface area contributed by atoms with Crippen LogP contribution in [0, 0.1) is 18.2 Å². The monoisotopic (exact) mass is 470 g/mol. The van der Waals surface area contributed by atoms with Gasteiger partial charge in [-0.3, -0.25) is 0 Å². The molecule has 0 bridgehead atoms. The first kappa shape index (κ1) is 17.7. The number of benzene rings is 3. The van der Waals surface area contributed by atoms with E-state index in [-0.39, 0.29) is 22.4 Å². The first-order valence-electron chi connectivity index (χ1n) is 13.7. The molecule has 0 saturated heterocycles. The van der Waals surface area contributed by atoms with E-state index in [1.54, 1.807) is 38.1 Å². The number of nitrogens with zero attached hydrogens (tertiary/aromatic N) is 1. The molecule has 176 valence electrons. The number of rotatable bonds is 3. The van der Waals surface area contributed by atoms with Crippen LogP contribution >= 0.6 is 0 Å². The minimum Gasteiger partial charge on any atom is -0.494 e. The van der Waals surface area contributed by atoms with Crippen molar-refractivity contribution in [2.24, 2.45) is 12.5 Å². The van der Waals surface area contributed by atoms with Crippen LogP contribution in [0.15, 0.2) is 65.2 Å². The van der Waals surface area contributed by atoms with E-state index >= 15 is 4.39 Å². The summed E-state index contributed by atoms with van der Waals surface area (Å²) in [5.74, 6) is -0.569. The van der Waals surface area contributed by atoms with E-state index < -0.39 is 24.0 Å². The van der Waals surface area contributed by atoms with E-state index in [0.29, 0.717) is 22.1 Å². The van der Waals surface area contributed by atoms with Gasteiger partial charge in [0.15, 0.2) is 17.8 Å². The van der Waals surface area contributed by atoms with E-state index in [1.807, 2.05) is 55.1 Å². The number of fused-ring (bicyclic) bond motifs is 4. The molecule has 2 heterocycles. The number of ether oxygens (including phenoxy) is 1. The molecule has 0 saturated carbocycles. The predicted octanol–water partition coefficient (Wildman–Crippen LogP) is 7.33. The van der Waals surface area contributed by atoms with Gasteiger partial charge in [0, 0.05) is 28.4 Å². The highest BCUT2D eigenvalue weighted by Gasteiger charge is 2.30. The summed E-state index contributed by atoms with van der Waals surface area (Å²) < 4.78 is 65.0. The zero-order valence-electron chi connectivity index (χ0n) is 24.4. The van der Waals surface area contributed by atoms with Crippen LogP contribution in [0.5, 0.6) is 5.75 Å². The van der Waals surface area contributed by atoms with Gasteiger partial charge < -0.3 is 9.15 Å². The first-order chi connectivity index (χ1) is 18.3. The Balaban J connectivity index is 1.70. The minimum atomic E-state index is -1.98. The summed E-state index contributed by atoms with van der Waals surface area (Å²) in [6.07, 6.45) is -1.91. The van der Waals surface area contributed by atoms with Gasteiger partial charge in [0.05, 0.1) is 18.2 Å². The third-order valence-electron chi connectivity index (χ3n) is 6.78. The number of hydrogen-bond donors (Lipinski definition) is 0. The standard InChI is InChI=1S/C31H29FNO2/c1-18-9-12-22-23-15-25(34-5)28(32)27(19-10-11-20-16-31(2,3)17-21(20)14-19)30(23)35-29(22)26(18)24-8-6-7-13-33(24)4/h6-15H,16-17H2,1-5H3/q+1/i16D2,17D2. The number of methoxy groups -OCH3 is 1. The summed E-state index contributed by atoms with van der Waals surface area (Å²) in [4.78, 5) is 0. The summed E-state index contributed by atoms with van der Waals surface area (Å²) in [5.41, 5.74) is 3.54. The second kappa shape index (κ2) is 7.67. The van der Waals surface area contributed by atoms with E-state index in [4.69, 9.17) is 14.6 Å². The molecule has 1 aliphatic carbocycles. The largest absolute Gasteiger partial charge is 0.494 e. The molecule has 0 amide bonds. The average molecular weight is 471 g/mol. The van der Waals surface area contributed by atoms with Gasteiger partial charge in [-0.2, -0.15) is 0 Å². The lowest BCUT2D eigenvalue weighted by Crippen LogP contribution is -2.30. The lowest BCUT2D eigenvalue weighted by Gasteiger charge is -2.14. The zero-order chi connectivity index (χ0) is 28.1. The Labute approximate surface area is 210 Å². The Hall–Kier alpha value is -3.66. The molecule has 3 nitrogen and oxygen atoms in total. The van der Waals surface area contributed by atoms with E-state index in [0.717, 1.165) is 22.2 Å². The summed E-state index contributed by atoms with van der Waals surface area (Å²) in [5, 5.41) is 1.49. The first-order valence-corrected chi connectivity index (χ1v) is 11.7. The molecule has 3 aromatic carbocycles. The smallest absolute Gasteiger partial charge is 0.216 e. The second-order valence-electron chi connectivity index (χ2n) is 9.71. The van der Waals surface area contributed by atoms with Crippen molar-refractivity contribution in [1.82, 2.24) is 0 Å². The maximum Gasteiger partial charge on any atom is 0.216 e. The Morgan fingerprint density at radius 2 is 1.74 bits per heavy atom. The number of pyridine rings is 1. The minimum absolute atomic E-state index is 0.0479. The molecular formula is C31H29FNO2+. The number of halogens is 1. The summed E-state index contributed by atoms with van der Waals surface area (Å²) in [6.45, 7) is 5.18. The van der Waals surface area contributed by atoms with Gasteiger partial charge in [-0.05, 0) is 59.5 Å². The summed E-state index contributed by atoms with van der Waals surface area (Å²) in [6, 6.07) is 16.3. The maximum absolute atomic E-state index is 16.1. The van der Waals surface area contributed by atoms with Crippen LogP contribution in [-0.2, 0) is 19.8 Å².